The highest BCUT2D eigenvalue weighted by Crippen LogP contribution is 2.24. The number of nitrogens with two attached hydrogens (primary N) is 1. The van der Waals surface area contributed by atoms with E-state index >= 15 is 0 Å². The third-order valence-electron chi connectivity index (χ3n) is 3.32. The maximum absolute atomic E-state index is 13.1. The highest BCUT2D eigenvalue weighted by molar-refractivity contribution is 6.31. The van der Waals surface area contributed by atoms with Crippen LogP contribution in [-0.2, 0) is 0 Å². The van der Waals surface area contributed by atoms with Gasteiger partial charge in [0.15, 0.2) is 0 Å². The average Bonchev–Trinajstić information content (AvgIpc) is 2.33. The molecule has 1 aliphatic rings. The summed E-state index contributed by atoms with van der Waals surface area (Å²) >= 11 is 5.80. The number of hydrogen-bond donors (Lipinski definition) is 1. The quantitative estimate of drug-likeness (QED) is 0.873. The fraction of sp³-hybridized carbons (Fsp3) is 0.500. The summed E-state index contributed by atoms with van der Waals surface area (Å²) < 4.78 is 13.1. The molecule has 94 valence electrons. The SMILES string of the molecule is CN1CCN(c2ccc(F)c(Cl)c2)CC1CN. The van der Waals surface area contributed by atoms with Crippen molar-refractivity contribution in [1.82, 2.24) is 4.90 Å². The second-order valence-electron chi connectivity index (χ2n) is 4.41. The minimum Gasteiger partial charge on any atom is -0.369 e. The second kappa shape index (κ2) is 5.21. The summed E-state index contributed by atoms with van der Waals surface area (Å²) in [5.41, 5.74) is 6.69. The number of halogens is 2. The van der Waals surface area contributed by atoms with E-state index in [0.717, 1.165) is 25.3 Å². The van der Waals surface area contributed by atoms with Crippen molar-refractivity contribution >= 4 is 17.3 Å². The monoisotopic (exact) mass is 257 g/mol. The lowest BCUT2D eigenvalue weighted by atomic mass is 10.1. The molecule has 5 heteroatoms. The van der Waals surface area contributed by atoms with E-state index < -0.39 is 0 Å². The molecule has 2 N–H and O–H groups in total. The standard InChI is InChI=1S/C12H17ClFN3/c1-16-4-5-17(8-10(16)7-15)9-2-3-12(14)11(13)6-9/h2-3,6,10H,4-5,7-8,15H2,1H3. The van der Waals surface area contributed by atoms with Gasteiger partial charge in [0.05, 0.1) is 5.02 Å². The Morgan fingerprint density at radius 1 is 1.47 bits per heavy atom. The number of piperazine rings is 1. The number of hydrogen-bond acceptors (Lipinski definition) is 3. The minimum absolute atomic E-state index is 0.172. The molecule has 0 saturated carbocycles. The van der Waals surface area contributed by atoms with Crippen molar-refractivity contribution in [3.63, 3.8) is 0 Å². The Morgan fingerprint density at radius 2 is 2.24 bits per heavy atom. The van der Waals surface area contributed by atoms with E-state index in [4.69, 9.17) is 17.3 Å². The van der Waals surface area contributed by atoms with E-state index in [9.17, 15) is 4.39 Å². The maximum Gasteiger partial charge on any atom is 0.141 e. The van der Waals surface area contributed by atoms with Gasteiger partial charge in [0, 0.05) is 37.9 Å². The normalized spacial score (nSPS) is 21.9. The highest BCUT2D eigenvalue weighted by atomic mass is 35.5. The average molecular weight is 258 g/mol. The van der Waals surface area contributed by atoms with Gasteiger partial charge >= 0.3 is 0 Å². The Hall–Kier alpha value is -0.840. The smallest absolute Gasteiger partial charge is 0.141 e. The number of benzene rings is 1. The zero-order valence-electron chi connectivity index (χ0n) is 9.87. The van der Waals surface area contributed by atoms with Gasteiger partial charge < -0.3 is 10.6 Å². The maximum atomic E-state index is 13.1. The number of rotatable bonds is 2. The predicted molar refractivity (Wildman–Crippen MR) is 69.1 cm³/mol. The molecule has 0 radical (unpaired) electrons. The minimum atomic E-state index is -0.375. The van der Waals surface area contributed by atoms with Crippen LogP contribution in [0.15, 0.2) is 18.2 Å². The highest BCUT2D eigenvalue weighted by Gasteiger charge is 2.23. The van der Waals surface area contributed by atoms with Crippen LogP contribution in [0.3, 0.4) is 0 Å². The summed E-state index contributed by atoms with van der Waals surface area (Å²) in [6, 6.07) is 5.19. The largest absolute Gasteiger partial charge is 0.369 e. The first-order chi connectivity index (χ1) is 8.11. The molecule has 0 aliphatic carbocycles. The van der Waals surface area contributed by atoms with Gasteiger partial charge in [0.25, 0.3) is 0 Å². The van der Waals surface area contributed by atoms with Gasteiger partial charge in [-0.1, -0.05) is 11.6 Å². The van der Waals surface area contributed by atoms with E-state index in [1.165, 1.54) is 6.07 Å². The van der Waals surface area contributed by atoms with Gasteiger partial charge in [-0.3, -0.25) is 4.90 Å². The molecule has 0 spiro atoms. The van der Waals surface area contributed by atoms with E-state index in [1.54, 1.807) is 12.1 Å². The first-order valence-electron chi connectivity index (χ1n) is 5.72. The van der Waals surface area contributed by atoms with Crippen LogP contribution in [0.5, 0.6) is 0 Å². The van der Waals surface area contributed by atoms with Crippen molar-refractivity contribution in [2.24, 2.45) is 5.73 Å². The molecule has 3 nitrogen and oxygen atoms in total. The van der Waals surface area contributed by atoms with E-state index in [2.05, 4.69) is 16.8 Å². The molecular weight excluding hydrogens is 241 g/mol. The van der Waals surface area contributed by atoms with Crippen molar-refractivity contribution in [2.45, 2.75) is 6.04 Å². The lowest BCUT2D eigenvalue weighted by Crippen LogP contribution is -2.54. The van der Waals surface area contributed by atoms with Crippen LogP contribution in [-0.4, -0.2) is 44.2 Å². The van der Waals surface area contributed by atoms with Crippen LogP contribution < -0.4 is 10.6 Å². The van der Waals surface area contributed by atoms with Gasteiger partial charge in [-0.15, -0.1) is 0 Å². The van der Waals surface area contributed by atoms with Crippen LogP contribution in [0.25, 0.3) is 0 Å². The Kier molecular flexibility index (Phi) is 3.86. The van der Waals surface area contributed by atoms with Gasteiger partial charge in [-0.25, -0.2) is 4.39 Å². The van der Waals surface area contributed by atoms with E-state index in [-0.39, 0.29) is 10.8 Å². The van der Waals surface area contributed by atoms with Gasteiger partial charge in [0.1, 0.15) is 5.82 Å². The lowest BCUT2D eigenvalue weighted by molar-refractivity contribution is 0.224. The molecule has 1 heterocycles. The van der Waals surface area contributed by atoms with E-state index in [0.29, 0.717) is 12.6 Å². The zero-order valence-corrected chi connectivity index (χ0v) is 10.6. The topological polar surface area (TPSA) is 32.5 Å². The molecule has 1 fully saturated rings. The van der Waals surface area contributed by atoms with Crippen molar-refractivity contribution < 1.29 is 4.39 Å². The van der Waals surface area contributed by atoms with Crippen molar-refractivity contribution in [3.8, 4) is 0 Å². The molecule has 17 heavy (non-hydrogen) atoms. The van der Waals surface area contributed by atoms with Crippen molar-refractivity contribution in [3.05, 3.63) is 29.0 Å². The molecule has 1 atom stereocenters. The van der Waals surface area contributed by atoms with Crippen LogP contribution >= 0.6 is 11.6 Å². The molecule has 2 rings (SSSR count). The van der Waals surface area contributed by atoms with Crippen LogP contribution in [0.1, 0.15) is 0 Å². The summed E-state index contributed by atoms with van der Waals surface area (Å²) in [5.74, 6) is -0.375. The van der Waals surface area contributed by atoms with Crippen molar-refractivity contribution in [2.75, 3.05) is 38.1 Å². The molecule has 0 amide bonds. The Bertz CT molecular complexity index is 399. The lowest BCUT2D eigenvalue weighted by Gasteiger charge is -2.40. The number of likely N-dealkylation sites (N-methyl/N-ethyl adjacent to an activating group) is 1. The summed E-state index contributed by atoms with van der Waals surface area (Å²) in [6.45, 7) is 3.35. The fourth-order valence-corrected chi connectivity index (χ4v) is 2.29. The fourth-order valence-electron chi connectivity index (χ4n) is 2.12. The molecule has 0 bridgehead atoms. The molecule has 1 aromatic carbocycles. The zero-order chi connectivity index (χ0) is 12.4. The molecular formula is C12H17ClFN3. The van der Waals surface area contributed by atoms with Crippen LogP contribution in [0.2, 0.25) is 5.02 Å². The third kappa shape index (κ3) is 2.70. The first-order valence-corrected chi connectivity index (χ1v) is 6.10. The van der Waals surface area contributed by atoms with Crippen LogP contribution in [0.4, 0.5) is 10.1 Å². The molecule has 1 aromatic rings. The summed E-state index contributed by atoms with van der Waals surface area (Å²) in [6.07, 6.45) is 0. The predicted octanol–water partition coefficient (Wildman–Crippen LogP) is 1.56. The molecule has 0 aromatic heterocycles. The summed E-state index contributed by atoms with van der Waals surface area (Å²) in [4.78, 5) is 4.45. The van der Waals surface area contributed by atoms with Crippen LogP contribution in [0, 0.1) is 5.82 Å². The second-order valence-corrected chi connectivity index (χ2v) is 4.82. The van der Waals surface area contributed by atoms with Gasteiger partial charge in [-0.2, -0.15) is 0 Å². The molecule has 1 saturated heterocycles. The van der Waals surface area contributed by atoms with Gasteiger partial charge in [-0.05, 0) is 25.2 Å². The summed E-state index contributed by atoms with van der Waals surface area (Å²) in [7, 11) is 2.08. The van der Waals surface area contributed by atoms with Gasteiger partial charge in [0.2, 0.25) is 0 Å². The number of anilines is 1. The van der Waals surface area contributed by atoms with E-state index in [1.807, 2.05) is 0 Å². The molecule has 1 unspecified atom stereocenters. The summed E-state index contributed by atoms with van der Waals surface area (Å²) in [5, 5.41) is 0.172. The van der Waals surface area contributed by atoms with Crippen molar-refractivity contribution in [1.29, 1.82) is 0 Å². The molecule has 1 aliphatic heterocycles. The number of nitrogens with zero attached hydrogens (tertiary/aromatic N) is 2. The Labute approximate surface area is 106 Å². The first kappa shape index (κ1) is 12.6. The third-order valence-corrected chi connectivity index (χ3v) is 3.61. The Balaban J connectivity index is 2.14. The Morgan fingerprint density at radius 3 is 2.88 bits per heavy atom.